The lowest BCUT2D eigenvalue weighted by atomic mass is 10.1. The van der Waals surface area contributed by atoms with E-state index in [4.69, 9.17) is 25.8 Å². The fraction of sp³-hybridized carbons (Fsp3) is 0.200. The van der Waals surface area contributed by atoms with E-state index in [1.165, 1.54) is 44.8 Å². The summed E-state index contributed by atoms with van der Waals surface area (Å²) in [6, 6.07) is 8.76. The van der Waals surface area contributed by atoms with Crippen LogP contribution in [0.3, 0.4) is 0 Å². The summed E-state index contributed by atoms with van der Waals surface area (Å²) in [5.41, 5.74) is 1.45. The lowest BCUT2D eigenvalue weighted by molar-refractivity contribution is 0.0601. The van der Waals surface area contributed by atoms with Crippen molar-refractivity contribution in [3.8, 4) is 11.5 Å². The van der Waals surface area contributed by atoms with Gasteiger partial charge < -0.3 is 19.5 Å². The average molecular weight is 420 g/mol. The van der Waals surface area contributed by atoms with Crippen molar-refractivity contribution in [2.75, 3.05) is 26.6 Å². The molecule has 0 saturated heterocycles. The van der Waals surface area contributed by atoms with Gasteiger partial charge in [-0.05, 0) is 18.6 Å². The third-order valence-electron chi connectivity index (χ3n) is 4.17. The molecule has 0 spiro atoms. The standard InChI is InChI=1S/C20H18ClNO5S/c1-10-5-6-11-16(7-10)28-18(17(11)21)19(23)22-13-9-15(26-3)14(25-2)8-12(13)20(24)27-4/h5-9H,1-4H3,(H,22,23). The van der Waals surface area contributed by atoms with Gasteiger partial charge in [0.2, 0.25) is 0 Å². The van der Waals surface area contributed by atoms with Crippen molar-refractivity contribution in [2.45, 2.75) is 6.92 Å². The van der Waals surface area contributed by atoms with Crippen molar-refractivity contribution in [1.82, 2.24) is 0 Å². The molecule has 0 saturated carbocycles. The second-order valence-corrected chi connectivity index (χ2v) is 7.37. The Morgan fingerprint density at radius 3 is 2.36 bits per heavy atom. The van der Waals surface area contributed by atoms with Gasteiger partial charge in [-0.15, -0.1) is 11.3 Å². The summed E-state index contributed by atoms with van der Waals surface area (Å²) < 4.78 is 16.2. The molecule has 0 atom stereocenters. The van der Waals surface area contributed by atoms with Crippen LogP contribution in [0.4, 0.5) is 5.69 Å². The van der Waals surface area contributed by atoms with Gasteiger partial charge in [-0.2, -0.15) is 0 Å². The first-order valence-corrected chi connectivity index (χ1v) is 9.43. The maximum Gasteiger partial charge on any atom is 0.340 e. The highest BCUT2D eigenvalue weighted by Crippen LogP contribution is 2.38. The summed E-state index contributed by atoms with van der Waals surface area (Å²) in [7, 11) is 4.18. The average Bonchev–Trinajstić information content (AvgIpc) is 3.02. The smallest absolute Gasteiger partial charge is 0.340 e. The molecule has 8 heteroatoms. The van der Waals surface area contributed by atoms with E-state index >= 15 is 0 Å². The molecule has 6 nitrogen and oxygen atoms in total. The molecule has 146 valence electrons. The number of fused-ring (bicyclic) bond motifs is 1. The minimum atomic E-state index is -0.616. The fourth-order valence-electron chi connectivity index (χ4n) is 2.76. The van der Waals surface area contributed by atoms with Gasteiger partial charge in [0.25, 0.3) is 5.91 Å². The van der Waals surface area contributed by atoms with E-state index in [-0.39, 0.29) is 11.3 Å². The number of rotatable bonds is 5. The summed E-state index contributed by atoms with van der Waals surface area (Å²) in [5.74, 6) is -0.338. The summed E-state index contributed by atoms with van der Waals surface area (Å²) in [4.78, 5) is 25.4. The molecule has 3 aromatic rings. The van der Waals surface area contributed by atoms with Gasteiger partial charge in [0.05, 0.1) is 37.6 Å². The molecule has 1 N–H and O–H groups in total. The van der Waals surface area contributed by atoms with Gasteiger partial charge in [0.1, 0.15) is 4.88 Å². The summed E-state index contributed by atoms with van der Waals surface area (Å²) in [6.07, 6.45) is 0. The quantitative estimate of drug-likeness (QED) is 0.594. The third kappa shape index (κ3) is 3.63. The molecule has 1 amide bonds. The van der Waals surface area contributed by atoms with E-state index in [1.807, 2.05) is 25.1 Å². The molecule has 0 aliphatic carbocycles. The number of thiophene rings is 1. The number of esters is 1. The van der Waals surface area contributed by atoms with Gasteiger partial charge in [0, 0.05) is 22.2 Å². The molecule has 28 heavy (non-hydrogen) atoms. The first-order chi connectivity index (χ1) is 13.4. The van der Waals surface area contributed by atoms with Gasteiger partial charge in [-0.1, -0.05) is 23.7 Å². The number of hydrogen-bond donors (Lipinski definition) is 1. The molecule has 0 radical (unpaired) electrons. The van der Waals surface area contributed by atoms with E-state index in [0.717, 1.165) is 15.6 Å². The molecule has 0 aliphatic heterocycles. The Hall–Kier alpha value is -2.77. The SMILES string of the molecule is COC(=O)c1cc(OC)c(OC)cc1NC(=O)c1sc2cc(C)ccc2c1Cl. The first kappa shape index (κ1) is 20.0. The van der Waals surface area contributed by atoms with Crippen LogP contribution in [0.2, 0.25) is 5.02 Å². The van der Waals surface area contributed by atoms with Crippen LogP contribution in [-0.4, -0.2) is 33.2 Å². The Morgan fingerprint density at radius 1 is 1.04 bits per heavy atom. The monoisotopic (exact) mass is 419 g/mol. The number of methoxy groups -OCH3 is 3. The Kier molecular flexibility index (Phi) is 5.76. The number of benzene rings is 2. The predicted octanol–water partition coefficient (Wildman–Crippen LogP) is 4.92. The molecule has 2 aromatic carbocycles. The number of aryl methyl sites for hydroxylation is 1. The minimum absolute atomic E-state index is 0.140. The van der Waals surface area contributed by atoms with Crippen molar-refractivity contribution in [1.29, 1.82) is 0 Å². The Morgan fingerprint density at radius 2 is 1.71 bits per heavy atom. The van der Waals surface area contributed by atoms with Crippen LogP contribution in [-0.2, 0) is 4.74 Å². The zero-order valence-electron chi connectivity index (χ0n) is 15.7. The van der Waals surface area contributed by atoms with E-state index in [9.17, 15) is 9.59 Å². The van der Waals surface area contributed by atoms with Crippen molar-refractivity contribution in [3.05, 3.63) is 51.4 Å². The van der Waals surface area contributed by atoms with Crippen molar-refractivity contribution in [2.24, 2.45) is 0 Å². The summed E-state index contributed by atoms with van der Waals surface area (Å²) >= 11 is 7.71. The van der Waals surface area contributed by atoms with Gasteiger partial charge >= 0.3 is 5.97 Å². The Labute approximate surface area is 171 Å². The largest absolute Gasteiger partial charge is 0.493 e. The molecular formula is C20H18ClNO5S. The van der Waals surface area contributed by atoms with Crippen LogP contribution in [0, 0.1) is 6.92 Å². The maximum absolute atomic E-state index is 12.9. The number of amides is 1. The maximum atomic E-state index is 12.9. The van der Waals surface area contributed by atoms with Crippen LogP contribution in [0.25, 0.3) is 10.1 Å². The molecule has 0 bridgehead atoms. The van der Waals surface area contributed by atoms with E-state index in [0.29, 0.717) is 21.4 Å². The lowest BCUT2D eigenvalue weighted by Gasteiger charge is -2.14. The number of ether oxygens (including phenoxy) is 3. The first-order valence-electron chi connectivity index (χ1n) is 8.24. The van der Waals surface area contributed by atoms with E-state index < -0.39 is 11.9 Å². The fourth-order valence-corrected chi connectivity index (χ4v) is 4.27. The van der Waals surface area contributed by atoms with Gasteiger partial charge in [0.15, 0.2) is 11.5 Å². The highest BCUT2D eigenvalue weighted by molar-refractivity contribution is 7.21. The van der Waals surface area contributed by atoms with Crippen LogP contribution in [0.15, 0.2) is 30.3 Å². The summed E-state index contributed by atoms with van der Waals surface area (Å²) in [6.45, 7) is 1.97. The molecule has 1 heterocycles. The van der Waals surface area contributed by atoms with Crippen LogP contribution < -0.4 is 14.8 Å². The van der Waals surface area contributed by atoms with E-state index in [2.05, 4.69) is 5.32 Å². The van der Waals surface area contributed by atoms with Crippen LogP contribution in [0.1, 0.15) is 25.6 Å². The zero-order valence-corrected chi connectivity index (χ0v) is 17.3. The number of anilines is 1. The third-order valence-corrected chi connectivity index (χ3v) is 5.82. The number of nitrogens with one attached hydrogen (secondary N) is 1. The van der Waals surface area contributed by atoms with E-state index in [1.54, 1.807) is 0 Å². The lowest BCUT2D eigenvalue weighted by Crippen LogP contribution is -2.15. The second kappa shape index (κ2) is 8.08. The number of halogens is 1. The van der Waals surface area contributed by atoms with Gasteiger partial charge in [-0.3, -0.25) is 4.79 Å². The highest BCUT2D eigenvalue weighted by atomic mass is 35.5. The number of carbonyl (C=O) groups is 2. The molecule has 3 rings (SSSR count). The highest BCUT2D eigenvalue weighted by Gasteiger charge is 2.22. The van der Waals surface area contributed by atoms with Gasteiger partial charge in [-0.25, -0.2) is 4.79 Å². The van der Waals surface area contributed by atoms with Crippen molar-refractivity contribution < 1.29 is 23.8 Å². The minimum Gasteiger partial charge on any atom is -0.493 e. The Bertz CT molecular complexity index is 1080. The Balaban J connectivity index is 2.04. The van der Waals surface area contributed by atoms with Crippen LogP contribution >= 0.6 is 22.9 Å². The zero-order chi connectivity index (χ0) is 20.4. The number of carbonyl (C=O) groups excluding carboxylic acids is 2. The topological polar surface area (TPSA) is 73.9 Å². The normalized spacial score (nSPS) is 10.6. The van der Waals surface area contributed by atoms with Crippen molar-refractivity contribution in [3.63, 3.8) is 0 Å². The molecular weight excluding hydrogens is 402 g/mol. The summed E-state index contributed by atoms with van der Waals surface area (Å²) in [5, 5.41) is 3.92. The molecule has 1 aromatic heterocycles. The molecule has 0 aliphatic rings. The van der Waals surface area contributed by atoms with Crippen LogP contribution in [0.5, 0.6) is 11.5 Å². The van der Waals surface area contributed by atoms with Crippen molar-refractivity contribution >= 4 is 50.6 Å². The number of hydrogen-bond acceptors (Lipinski definition) is 6. The molecule has 0 fully saturated rings. The second-order valence-electron chi connectivity index (χ2n) is 5.94. The predicted molar refractivity (Wildman–Crippen MR) is 110 cm³/mol. The molecule has 0 unspecified atom stereocenters.